The number of fused-ring (bicyclic) bond motifs is 2. The van der Waals surface area contributed by atoms with Crippen molar-refractivity contribution >= 4 is 56.4 Å². The Balaban J connectivity index is 0.000000121. The van der Waals surface area contributed by atoms with Gasteiger partial charge < -0.3 is 52.2 Å². The Bertz CT molecular complexity index is 7370. The van der Waals surface area contributed by atoms with Gasteiger partial charge in [0.2, 0.25) is 29.1 Å². The zero-order valence-corrected chi connectivity index (χ0v) is 78.5. The summed E-state index contributed by atoms with van der Waals surface area (Å²) in [7, 11) is 7.97. The van der Waals surface area contributed by atoms with Gasteiger partial charge >= 0.3 is 18.5 Å². The summed E-state index contributed by atoms with van der Waals surface area (Å²) < 4.78 is 161. The molecule has 19 aromatic rings. The van der Waals surface area contributed by atoms with Crippen LogP contribution in [0.4, 0.5) is 50.9 Å². The van der Waals surface area contributed by atoms with E-state index in [-0.39, 0.29) is 44.1 Å². The number of H-pyrrole nitrogens is 1. The topological polar surface area (TPSA) is 276 Å². The molecular formula is C103H88F9N17O7S3. The van der Waals surface area contributed by atoms with Crippen LogP contribution in [0, 0.1) is 13.8 Å². The number of rotatable bonds is 22. The number of likely N-dealkylation sites (tertiary alicyclic amines) is 1. The van der Waals surface area contributed by atoms with E-state index < -0.39 is 33.2 Å². The number of pyridine rings is 2. The zero-order chi connectivity index (χ0) is 97.1. The average molecular weight is 1940 g/mol. The molecule has 1 saturated heterocycles. The van der Waals surface area contributed by atoms with Gasteiger partial charge in [-0.2, -0.15) is 64.4 Å². The number of nitrogens with zero attached hydrogens (tertiary/aromatic N) is 15. The van der Waals surface area contributed by atoms with Crippen molar-refractivity contribution in [1.82, 2.24) is 75.5 Å². The van der Waals surface area contributed by atoms with Gasteiger partial charge in [-0.25, -0.2) is 4.98 Å². The van der Waals surface area contributed by atoms with Crippen molar-refractivity contribution in [3.05, 3.63) is 298 Å². The Morgan fingerprint density at radius 1 is 0.410 bits per heavy atom. The van der Waals surface area contributed by atoms with Crippen LogP contribution < -0.4 is 19.7 Å². The standard InChI is InChI=1S/C25H22F3N3OS.C23H20F3N3OS.C21H14F3N3OS.C19H18N4O3.C15H14N4O/c1-16-18(15-31-12-5-6-13-31)10-7-11-19(16)23-29-24(32-30-23)21-14-20(17-8-3-2-4-9-17)22(33-21)25(26,27)28;1-14-16(13-29(2)3)10-7-11-17(14)21-27-22(30-28-21)19-12-18(15-8-5-4-6-9-15)20(31-19)23(24,25)26;22-21(23,24)18-15(12-4-2-1-3-5-12)11-17(29-18)20-26-19(27-28-20)14-6-7-16-13(10-14)8-9-25-16;1-3-24-15-6-5-12(11-16(15)25-4-2)19-22-18(23-26-19)14-8-10-21-17-13(14)7-9-20-17;1-19(2)13-5-3-12(4-6-13)15-17-14(18-20-15)11-7-9-16-10-8-11/h2-4,7-11,14H,5-6,12-13,15H2,1H3;4-12H,13H2,1-3H3;1-7,10-11,25H,8-9H2;5-11H,3-4H2,1-2H3,(H,20,21);3-10H,1-2H3. The lowest BCUT2D eigenvalue weighted by Crippen LogP contribution is -2.19. The minimum absolute atomic E-state index is 0.0742. The summed E-state index contributed by atoms with van der Waals surface area (Å²) in [4.78, 5) is 38.9. The molecule has 2 aliphatic heterocycles. The van der Waals surface area contributed by atoms with Crippen LogP contribution >= 0.6 is 34.0 Å². The largest absolute Gasteiger partial charge is 0.490 e. The predicted molar refractivity (Wildman–Crippen MR) is 518 cm³/mol. The maximum atomic E-state index is 13.7. The maximum Gasteiger partial charge on any atom is 0.426 e. The summed E-state index contributed by atoms with van der Waals surface area (Å²) in [5, 5.41) is 24.5. The molecule has 13 heterocycles. The first-order chi connectivity index (χ1) is 67.2. The minimum Gasteiger partial charge on any atom is -0.490 e. The molecule has 0 unspecified atom stereocenters. The minimum atomic E-state index is -4.48. The fraction of sp³-hybridized carbons (Fsp3) is 0.204. The van der Waals surface area contributed by atoms with Crippen LogP contribution in [-0.2, 0) is 38.0 Å². The number of benzene rings is 8. The quantitative estimate of drug-likeness (QED) is 0.0596. The first-order valence-corrected chi connectivity index (χ1v) is 46.5. The number of anilines is 2. The molecule has 0 atom stereocenters. The van der Waals surface area contributed by atoms with Crippen LogP contribution in [0.1, 0.15) is 69.1 Å². The number of hydrogen-bond donors (Lipinski definition) is 2. The summed E-state index contributed by atoms with van der Waals surface area (Å²) in [6.07, 6.45) is -3.10. The normalized spacial score (nSPS) is 12.5. The molecule has 2 aliphatic rings. The maximum absolute atomic E-state index is 13.7. The molecular weight excluding hydrogens is 1850 g/mol. The lowest BCUT2D eigenvalue weighted by molar-refractivity contribution is -0.134. The number of hydrogen-bond acceptors (Lipinski definition) is 26. The highest BCUT2D eigenvalue weighted by molar-refractivity contribution is 7.16. The molecule has 21 rings (SSSR count). The van der Waals surface area contributed by atoms with Crippen LogP contribution in [0.15, 0.2) is 278 Å². The Morgan fingerprint density at radius 3 is 1.38 bits per heavy atom. The molecule has 0 amide bonds. The molecule has 0 saturated carbocycles. The fourth-order valence-electron chi connectivity index (χ4n) is 15.7. The predicted octanol–water partition coefficient (Wildman–Crippen LogP) is 26.6. The third-order valence-electron chi connectivity index (χ3n) is 22.6. The highest BCUT2D eigenvalue weighted by Gasteiger charge is 2.41. The highest BCUT2D eigenvalue weighted by atomic mass is 32.1. The highest BCUT2D eigenvalue weighted by Crippen LogP contribution is 2.50. The van der Waals surface area contributed by atoms with Crippen molar-refractivity contribution in [2.45, 2.75) is 78.6 Å². The second-order valence-electron chi connectivity index (χ2n) is 32.5. The second kappa shape index (κ2) is 42.2. The fourth-order valence-corrected chi connectivity index (χ4v) is 18.6. The number of aromatic amines is 1. The Hall–Kier alpha value is -15.1. The van der Waals surface area contributed by atoms with Gasteiger partial charge in [-0.1, -0.05) is 153 Å². The lowest BCUT2D eigenvalue weighted by Gasteiger charge is -2.17. The molecule has 0 bridgehead atoms. The second-order valence-corrected chi connectivity index (χ2v) is 35.7. The summed E-state index contributed by atoms with van der Waals surface area (Å²) in [5.41, 5.74) is 16.2. The molecule has 0 spiro atoms. The van der Waals surface area contributed by atoms with Crippen molar-refractivity contribution in [1.29, 1.82) is 0 Å². The van der Waals surface area contributed by atoms with Crippen molar-refractivity contribution in [2.75, 3.05) is 71.3 Å². The van der Waals surface area contributed by atoms with Gasteiger partial charge in [-0.3, -0.25) is 9.88 Å². The van der Waals surface area contributed by atoms with E-state index in [2.05, 4.69) is 86.8 Å². The Labute approximate surface area is 803 Å². The average Bonchev–Trinajstić information content (AvgIpc) is 1.66. The van der Waals surface area contributed by atoms with Gasteiger partial charge in [0.15, 0.2) is 11.5 Å². The van der Waals surface area contributed by atoms with Gasteiger partial charge in [0.1, 0.15) is 20.3 Å². The van der Waals surface area contributed by atoms with Gasteiger partial charge in [0.05, 0.1) is 27.8 Å². The molecule has 8 aromatic carbocycles. The van der Waals surface area contributed by atoms with E-state index in [4.69, 9.17) is 32.1 Å². The van der Waals surface area contributed by atoms with E-state index in [1.54, 1.807) is 110 Å². The van der Waals surface area contributed by atoms with Crippen LogP contribution in [0.5, 0.6) is 11.5 Å². The Kier molecular flexibility index (Phi) is 29.1. The molecule has 0 aliphatic carbocycles. The number of alkyl halides is 9. The summed E-state index contributed by atoms with van der Waals surface area (Å²) in [6, 6.07) is 68.6. The third kappa shape index (κ3) is 22.4. The molecule has 2 N–H and O–H groups in total. The van der Waals surface area contributed by atoms with Crippen LogP contribution in [0.3, 0.4) is 0 Å². The van der Waals surface area contributed by atoms with Gasteiger partial charge in [0.25, 0.3) is 29.5 Å². The van der Waals surface area contributed by atoms with Crippen LogP contribution in [0.25, 0.3) is 157 Å². The van der Waals surface area contributed by atoms with Gasteiger partial charge in [0, 0.05) is 131 Å². The molecule has 11 aromatic heterocycles. The van der Waals surface area contributed by atoms with Crippen molar-refractivity contribution in [3.8, 4) is 157 Å². The summed E-state index contributed by atoms with van der Waals surface area (Å²) in [6.45, 7) is 13.7. The van der Waals surface area contributed by atoms with Crippen LogP contribution in [-0.4, -0.2) is 136 Å². The third-order valence-corrected chi connectivity index (χ3v) is 26.1. The number of ether oxygens (including phenoxy) is 2. The van der Waals surface area contributed by atoms with Gasteiger partial charge in [-0.05, 0) is 222 Å². The molecule has 708 valence electrons. The van der Waals surface area contributed by atoms with E-state index in [1.165, 1.54) is 36.6 Å². The van der Waals surface area contributed by atoms with E-state index in [9.17, 15) is 39.5 Å². The first-order valence-electron chi connectivity index (χ1n) is 44.1. The summed E-state index contributed by atoms with van der Waals surface area (Å²) >= 11 is 1.85. The molecule has 139 heavy (non-hydrogen) atoms. The lowest BCUT2D eigenvalue weighted by atomic mass is 10.0. The van der Waals surface area contributed by atoms with E-state index in [0.29, 0.717) is 121 Å². The van der Waals surface area contributed by atoms with Crippen LogP contribution in [0.2, 0.25) is 0 Å². The number of thiophene rings is 3. The van der Waals surface area contributed by atoms with Crippen molar-refractivity contribution in [3.63, 3.8) is 0 Å². The van der Waals surface area contributed by atoms with E-state index in [0.717, 1.165) is 123 Å². The van der Waals surface area contributed by atoms with Gasteiger partial charge in [-0.15, -0.1) is 34.0 Å². The van der Waals surface area contributed by atoms with E-state index in [1.807, 2.05) is 182 Å². The SMILES string of the molecule is CCOc1ccc(-c2nc(-c3ccnc4[nH]ccc34)no2)cc1OCC.CN(C)c1ccc(-c2nc(-c3ccncc3)no2)cc1.Cc1c(CN(C)C)cccc1-c1noc(-c2cc(-c3ccccc3)c(C(F)(F)F)s2)n1.Cc1c(CN2CCCC2)cccc1-c1noc(-c2cc(-c3ccccc3)c(C(F)(F)F)s2)n1.FC(F)(F)c1sc(-c2nc(-c3ccc4c(c3)CCN4)no2)cc1-c1ccccc1. The number of aromatic nitrogens is 13. The van der Waals surface area contributed by atoms with E-state index >= 15 is 0 Å². The monoisotopic (exact) mass is 1940 g/mol. The van der Waals surface area contributed by atoms with Crippen molar-refractivity contribution < 1.29 is 71.6 Å². The summed E-state index contributed by atoms with van der Waals surface area (Å²) in [5.74, 6) is 4.71. The zero-order valence-electron chi connectivity index (χ0n) is 76.0. The molecule has 0 radical (unpaired) electrons. The Morgan fingerprint density at radius 2 is 0.863 bits per heavy atom. The first kappa shape index (κ1) is 95.6. The molecule has 36 heteroatoms. The number of halogens is 9. The molecule has 1 fully saturated rings. The molecule has 24 nitrogen and oxygen atoms in total. The van der Waals surface area contributed by atoms with Crippen molar-refractivity contribution in [2.24, 2.45) is 0 Å². The smallest absolute Gasteiger partial charge is 0.426 e. The number of nitrogens with one attached hydrogen (secondary N) is 2.